The Hall–Kier alpha value is -4.78. The van der Waals surface area contributed by atoms with Crippen molar-refractivity contribution in [3.05, 3.63) is 125 Å². The monoisotopic (exact) mass is 630 g/mol. The average molecular weight is 631 g/mol. The molecule has 0 amide bonds. The number of hydrogen-bond acceptors (Lipinski definition) is 7. The summed E-state index contributed by atoms with van der Waals surface area (Å²) < 4.78 is 86.5. The normalized spacial score (nSPS) is 14.7. The van der Waals surface area contributed by atoms with Gasteiger partial charge in [0.15, 0.2) is 22.2 Å². The maximum atomic E-state index is 14.1. The number of esters is 1. The molecule has 1 aromatic heterocycles. The van der Waals surface area contributed by atoms with E-state index in [2.05, 4.69) is 4.99 Å². The van der Waals surface area contributed by atoms with Crippen molar-refractivity contribution in [2.45, 2.75) is 26.5 Å². The van der Waals surface area contributed by atoms with E-state index in [1.807, 2.05) is 0 Å². The summed E-state index contributed by atoms with van der Waals surface area (Å²) in [6.07, 6.45) is 1.53. The van der Waals surface area contributed by atoms with Crippen LogP contribution in [0.25, 0.3) is 6.08 Å². The van der Waals surface area contributed by atoms with Crippen LogP contribution in [0.1, 0.15) is 36.6 Å². The van der Waals surface area contributed by atoms with Crippen LogP contribution < -0.4 is 24.4 Å². The number of ether oxygens (including phenoxy) is 3. The van der Waals surface area contributed by atoms with Crippen molar-refractivity contribution in [2.75, 3.05) is 13.7 Å². The van der Waals surface area contributed by atoms with Crippen molar-refractivity contribution in [2.24, 2.45) is 4.99 Å². The number of hydrogen-bond donors (Lipinski definition) is 0. The van der Waals surface area contributed by atoms with Gasteiger partial charge in [-0.1, -0.05) is 29.5 Å². The van der Waals surface area contributed by atoms with Gasteiger partial charge in [-0.15, -0.1) is 0 Å². The second-order valence-corrected chi connectivity index (χ2v) is 10.5. The molecule has 4 aromatic rings. The maximum Gasteiger partial charge on any atom is 0.338 e. The van der Waals surface area contributed by atoms with Crippen LogP contribution in [0.15, 0.2) is 69.6 Å². The number of nitrogens with zero attached hydrogens (tertiary/aromatic N) is 2. The van der Waals surface area contributed by atoms with Crippen molar-refractivity contribution >= 4 is 23.4 Å². The highest BCUT2D eigenvalue weighted by Crippen LogP contribution is 2.31. The van der Waals surface area contributed by atoms with Crippen molar-refractivity contribution in [1.82, 2.24) is 4.57 Å². The SMILES string of the molecule is CCOC(=O)C1=C(C)N=c2sc(=Cc3ccc(OC)c(COc4c(F)c(F)cc(F)c4F)c3)c(=O)n2[C@H]1c1ccc(F)cc1. The van der Waals surface area contributed by atoms with Gasteiger partial charge < -0.3 is 14.2 Å². The maximum absolute atomic E-state index is 14.1. The molecule has 0 saturated heterocycles. The lowest BCUT2D eigenvalue weighted by atomic mass is 9.96. The predicted molar refractivity (Wildman–Crippen MR) is 150 cm³/mol. The second-order valence-electron chi connectivity index (χ2n) is 9.51. The predicted octanol–water partition coefficient (Wildman–Crippen LogP) is 5.08. The van der Waals surface area contributed by atoms with E-state index in [-0.39, 0.29) is 38.9 Å². The van der Waals surface area contributed by atoms with Gasteiger partial charge in [0.1, 0.15) is 18.2 Å². The number of halogens is 5. The minimum Gasteiger partial charge on any atom is -0.496 e. The summed E-state index contributed by atoms with van der Waals surface area (Å²) in [7, 11) is 1.35. The number of benzene rings is 3. The molecule has 0 aliphatic carbocycles. The summed E-state index contributed by atoms with van der Waals surface area (Å²) in [6.45, 7) is 2.82. The smallest absolute Gasteiger partial charge is 0.338 e. The Kier molecular flexibility index (Phi) is 8.68. The lowest BCUT2D eigenvalue weighted by molar-refractivity contribution is -0.139. The van der Waals surface area contributed by atoms with Crippen molar-refractivity contribution in [3.8, 4) is 11.5 Å². The number of rotatable bonds is 8. The number of thiazole rings is 1. The highest BCUT2D eigenvalue weighted by Gasteiger charge is 2.33. The number of fused-ring (bicyclic) bond motifs is 1. The number of carbonyl (C=O) groups excluding carboxylic acids is 1. The molecule has 0 bridgehead atoms. The summed E-state index contributed by atoms with van der Waals surface area (Å²) in [4.78, 5) is 31.5. The van der Waals surface area contributed by atoms with E-state index in [1.54, 1.807) is 19.9 Å². The second kappa shape index (κ2) is 12.4. The Bertz CT molecular complexity index is 1960. The van der Waals surface area contributed by atoms with Gasteiger partial charge in [0.25, 0.3) is 5.56 Å². The molecule has 0 spiro atoms. The molecule has 3 aromatic carbocycles. The number of methoxy groups -OCH3 is 1. The van der Waals surface area contributed by atoms with Crippen LogP contribution in [0, 0.1) is 29.1 Å². The van der Waals surface area contributed by atoms with Crippen molar-refractivity contribution < 1.29 is 41.0 Å². The average Bonchev–Trinajstić information content (AvgIpc) is 3.29. The molecule has 0 saturated carbocycles. The summed E-state index contributed by atoms with van der Waals surface area (Å²) in [5, 5.41) is 0. The van der Waals surface area contributed by atoms with Gasteiger partial charge in [0, 0.05) is 11.6 Å². The molecule has 0 N–H and O–H groups in total. The molecule has 2 heterocycles. The summed E-state index contributed by atoms with van der Waals surface area (Å²) in [6, 6.07) is 9.16. The largest absolute Gasteiger partial charge is 0.496 e. The van der Waals surface area contributed by atoms with Crippen LogP contribution >= 0.6 is 11.3 Å². The molecule has 0 fully saturated rings. The van der Waals surface area contributed by atoms with Gasteiger partial charge in [-0.3, -0.25) is 9.36 Å². The van der Waals surface area contributed by atoms with Crippen LogP contribution in [-0.4, -0.2) is 24.3 Å². The van der Waals surface area contributed by atoms with Gasteiger partial charge in [-0.25, -0.2) is 23.0 Å². The van der Waals surface area contributed by atoms with Crippen LogP contribution in [0.3, 0.4) is 0 Å². The van der Waals surface area contributed by atoms with Crippen molar-refractivity contribution in [3.63, 3.8) is 0 Å². The van der Waals surface area contributed by atoms with Gasteiger partial charge in [0.05, 0.1) is 35.6 Å². The molecule has 1 aliphatic rings. The van der Waals surface area contributed by atoms with E-state index in [1.165, 1.54) is 54.2 Å². The first-order chi connectivity index (χ1) is 21.0. The zero-order chi connectivity index (χ0) is 31.7. The van der Waals surface area contributed by atoms with E-state index in [9.17, 15) is 31.5 Å². The standard InChI is InChI=1S/C31H23F5N2O5S/c1-4-42-30(40)24-15(2)37-31-38(27(24)17-6-8-19(32)9-7-17)29(39)23(44-31)12-16-5-10-22(41-3)18(11-16)14-43-28-25(35)20(33)13-21(34)26(28)36/h5-13,27H,4,14H2,1-3H3/t27-/m0/s1. The van der Waals surface area contributed by atoms with E-state index in [4.69, 9.17) is 14.2 Å². The first-order valence-electron chi connectivity index (χ1n) is 13.1. The van der Waals surface area contributed by atoms with E-state index >= 15 is 0 Å². The summed E-state index contributed by atoms with van der Waals surface area (Å²) in [5.74, 6) is -8.74. The molecular formula is C31H23F5N2O5S. The molecule has 44 heavy (non-hydrogen) atoms. The molecule has 1 aliphatic heterocycles. The van der Waals surface area contributed by atoms with Crippen LogP contribution in [0.2, 0.25) is 0 Å². The van der Waals surface area contributed by atoms with Crippen molar-refractivity contribution in [1.29, 1.82) is 0 Å². The Morgan fingerprint density at radius 3 is 2.34 bits per heavy atom. The highest BCUT2D eigenvalue weighted by atomic mass is 32.1. The lowest BCUT2D eigenvalue weighted by Crippen LogP contribution is -2.39. The number of aromatic nitrogens is 1. The third-order valence-electron chi connectivity index (χ3n) is 6.75. The molecule has 1 atom stereocenters. The molecule has 13 heteroatoms. The van der Waals surface area contributed by atoms with E-state index < -0.39 is 59.0 Å². The zero-order valence-electron chi connectivity index (χ0n) is 23.4. The fraction of sp³-hybridized carbons (Fsp3) is 0.194. The minimum atomic E-state index is -1.69. The van der Waals surface area contributed by atoms with E-state index in [0.29, 0.717) is 16.8 Å². The zero-order valence-corrected chi connectivity index (χ0v) is 24.2. The van der Waals surface area contributed by atoms with E-state index in [0.717, 1.165) is 11.3 Å². The Morgan fingerprint density at radius 1 is 1.02 bits per heavy atom. The first kappa shape index (κ1) is 30.7. The minimum absolute atomic E-state index is 0.0759. The lowest BCUT2D eigenvalue weighted by Gasteiger charge is -2.24. The van der Waals surface area contributed by atoms with Crippen LogP contribution in [0.4, 0.5) is 22.0 Å². The Morgan fingerprint density at radius 2 is 1.70 bits per heavy atom. The Labute approximate surface area is 250 Å². The van der Waals surface area contributed by atoms with Gasteiger partial charge in [-0.2, -0.15) is 8.78 Å². The quantitative estimate of drug-likeness (QED) is 0.154. The molecule has 228 valence electrons. The van der Waals surface area contributed by atoms with Gasteiger partial charge >= 0.3 is 5.97 Å². The third-order valence-corrected chi connectivity index (χ3v) is 7.73. The molecule has 0 radical (unpaired) electrons. The molecule has 7 nitrogen and oxygen atoms in total. The number of carbonyl (C=O) groups is 1. The topological polar surface area (TPSA) is 79.1 Å². The highest BCUT2D eigenvalue weighted by molar-refractivity contribution is 7.07. The fourth-order valence-electron chi connectivity index (χ4n) is 4.73. The Balaban J connectivity index is 1.58. The fourth-order valence-corrected chi connectivity index (χ4v) is 5.78. The summed E-state index contributed by atoms with van der Waals surface area (Å²) >= 11 is 1.05. The van der Waals surface area contributed by atoms with Crippen LogP contribution in [0.5, 0.6) is 11.5 Å². The summed E-state index contributed by atoms with van der Waals surface area (Å²) in [5.41, 5.74) is 1.14. The molecule has 5 rings (SSSR count). The first-order valence-corrected chi connectivity index (χ1v) is 13.9. The molecule has 0 unspecified atom stereocenters. The third kappa shape index (κ3) is 5.74. The number of allylic oxidation sites excluding steroid dienone is 1. The van der Waals surface area contributed by atoms with Crippen LogP contribution in [-0.2, 0) is 16.1 Å². The van der Waals surface area contributed by atoms with Gasteiger partial charge in [-0.05, 0) is 55.3 Å². The van der Waals surface area contributed by atoms with Gasteiger partial charge in [0.2, 0.25) is 11.6 Å². The molecular weight excluding hydrogens is 607 g/mol.